The first-order valence-electron chi connectivity index (χ1n) is 6.23. The van der Waals surface area contributed by atoms with Gasteiger partial charge in [-0.05, 0) is 24.1 Å². The largest absolute Gasteiger partial charge is 0.493 e. The number of hydrogen-bond donors (Lipinski definition) is 1. The molecule has 0 aliphatic carbocycles. The molecule has 2 unspecified atom stereocenters. The molecule has 20 heavy (non-hydrogen) atoms. The van der Waals surface area contributed by atoms with Crippen LogP contribution in [0.25, 0.3) is 0 Å². The first-order valence-corrected chi connectivity index (χ1v) is 6.23. The van der Waals surface area contributed by atoms with Gasteiger partial charge in [0, 0.05) is 0 Å². The Morgan fingerprint density at radius 3 is 2.55 bits per heavy atom. The van der Waals surface area contributed by atoms with Crippen molar-refractivity contribution < 1.29 is 23.4 Å². The van der Waals surface area contributed by atoms with Crippen LogP contribution >= 0.6 is 0 Å². The molecule has 0 bridgehead atoms. The summed E-state index contributed by atoms with van der Waals surface area (Å²) in [5.41, 5.74) is 0.349. The van der Waals surface area contributed by atoms with E-state index in [1.807, 2.05) is 13.0 Å². The number of nitriles is 1. The highest BCUT2D eigenvalue weighted by atomic mass is 19.3. The van der Waals surface area contributed by atoms with Gasteiger partial charge in [0.25, 0.3) is 0 Å². The number of aliphatic hydroxyl groups is 1. The van der Waals surface area contributed by atoms with E-state index in [0.29, 0.717) is 12.0 Å². The lowest BCUT2D eigenvalue weighted by molar-refractivity contribution is -0.0513. The van der Waals surface area contributed by atoms with E-state index in [2.05, 4.69) is 4.74 Å². The van der Waals surface area contributed by atoms with Gasteiger partial charge in [-0.3, -0.25) is 0 Å². The number of hydrogen-bond acceptors (Lipinski definition) is 4. The molecular weight excluding hydrogens is 268 g/mol. The molecule has 0 aliphatic rings. The van der Waals surface area contributed by atoms with Crippen molar-refractivity contribution in [1.29, 1.82) is 5.26 Å². The van der Waals surface area contributed by atoms with Crippen molar-refractivity contribution in [2.45, 2.75) is 32.5 Å². The van der Waals surface area contributed by atoms with E-state index < -0.39 is 18.6 Å². The molecule has 0 fully saturated rings. The highest BCUT2D eigenvalue weighted by Gasteiger charge is 2.22. The standard InChI is InChI=1S/C14H17F2NO3/c1-3-4-10(8-17)13(18)9-5-6-11(19-2)12(7-9)20-14(15)16/h5-7,10,13-14,18H,3-4H2,1-2H3. The lowest BCUT2D eigenvalue weighted by atomic mass is 9.93. The van der Waals surface area contributed by atoms with Crippen LogP contribution in [0, 0.1) is 17.2 Å². The van der Waals surface area contributed by atoms with Gasteiger partial charge >= 0.3 is 6.61 Å². The van der Waals surface area contributed by atoms with Crippen LogP contribution in [-0.2, 0) is 0 Å². The van der Waals surface area contributed by atoms with Gasteiger partial charge in [-0.15, -0.1) is 0 Å². The summed E-state index contributed by atoms with van der Waals surface area (Å²) < 4.78 is 33.9. The maximum atomic E-state index is 12.3. The Hall–Kier alpha value is -1.87. The molecule has 0 saturated carbocycles. The quantitative estimate of drug-likeness (QED) is 0.835. The summed E-state index contributed by atoms with van der Waals surface area (Å²) in [6.45, 7) is -1.09. The van der Waals surface area contributed by atoms with Crippen LogP contribution < -0.4 is 9.47 Å². The molecule has 0 aliphatic heterocycles. The number of methoxy groups -OCH3 is 1. The third-order valence-corrected chi connectivity index (χ3v) is 2.89. The number of aliphatic hydroxyl groups excluding tert-OH is 1. The van der Waals surface area contributed by atoms with Crippen LogP contribution in [0.15, 0.2) is 18.2 Å². The number of halogens is 2. The molecule has 0 aromatic heterocycles. The smallest absolute Gasteiger partial charge is 0.387 e. The highest BCUT2D eigenvalue weighted by molar-refractivity contribution is 5.43. The monoisotopic (exact) mass is 285 g/mol. The van der Waals surface area contributed by atoms with E-state index in [4.69, 9.17) is 10.00 Å². The number of ether oxygens (including phenoxy) is 2. The average molecular weight is 285 g/mol. The molecule has 0 heterocycles. The van der Waals surface area contributed by atoms with Gasteiger partial charge < -0.3 is 14.6 Å². The van der Waals surface area contributed by atoms with Crippen molar-refractivity contribution in [3.63, 3.8) is 0 Å². The van der Waals surface area contributed by atoms with E-state index in [1.165, 1.54) is 25.3 Å². The minimum Gasteiger partial charge on any atom is -0.493 e. The summed E-state index contributed by atoms with van der Waals surface area (Å²) >= 11 is 0. The van der Waals surface area contributed by atoms with Gasteiger partial charge in [0.05, 0.1) is 25.2 Å². The second-order valence-electron chi connectivity index (χ2n) is 4.26. The van der Waals surface area contributed by atoms with E-state index in [1.54, 1.807) is 0 Å². The SMILES string of the molecule is CCCC(C#N)C(O)c1ccc(OC)c(OC(F)F)c1. The zero-order valence-corrected chi connectivity index (χ0v) is 11.3. The normalized spacial score (nSPS) is 13.7. The van der Waals surface area contributed by atoms with Crippen LogP contribution in [0.5, 0.6) is 11.5 Å². The lowest BCUT2D eigenvalue weighted by Gasteiger charge is -2.18. The maximum Gasteiger partial charge on any atom is 0.387 e. The van der Waals surface area contributed by atoms with E-state index in [0.717, 1.165) is 6.42 Å². The van der Waals surface area contributed by atoms with E-state index in [-0.39, 0.29) is 11.5 Å². The molecule has 110 valence electrons. The summed E-state index contributed by atoms with van der Waals surface area (Å²) in [7, 11) is 1.33. The maximum absolute atomic E-state index is 12.3. The van der Waals surface area contributed by atoms with Crippen molar-refractivity contribution in [3.05, 3.63) is 23.8 Å². The lowest BCUT2D eigenvalue weighted by Crippen LogP contribution is -2.11. The molecule has 1 N–H and O–H groups in total. The Kier molecular flexibility index (Phi) is 6.19. The predicted octanol–water partition coefficient (Wildman–Crippen LogP) is 3.27. The van der Waals surface area contributed by atoms with Gasteiger partial charge in [0.1, 0.15) is 0 Å². The second-order valence-corrected chi connectivity index (χ2v) is 4.26. The topological polar surface area (TPSA) is 62.5 Å². The van der Waals surface area contributed by atoms with Gasteiger partial charge in [-0.25, -0.2) is 0 Å². The van der Waals surface area contributed by atoms with Crippen LogP contribution in [0.2, 0.25) is 0 Å². The van der Waals surface area contributed by atoms with Crippen LogP contribution in [0.4, 0.5) is 8.78 Å². The fourth-order valence-corrected chi connectivity index (χ4v) is 1.90. The first kappa shape index (κ1) is 16.2. The fourth-order valence-electron chi connectivity index (χ4n) is 1.90. The molecule has 1 aromatic rings. The van der Waals surface area contributed by atoms with Gasteiger partial charge in [-0.2, -0.15) is 14.0 Å². The number of rotatable bonds is 7. The predicted molar refractivity (Wildman–Crippen MR) is 68.6 cm³/mol. The molecule has 4 nitrogen and oxygen atoms in total. The minimum atomic E-state index is -2.99. The molecule has 0 amide bonds. The molecule has 2 atom stereocenters. The number of nitrogens with zero attached hydrogens (tertiary/aromatic N) is 1. The summed E-state index contributed by atoms with van der Waals surface area (Å²) in [6, 6.07) is 6.25. The van der Waals surface area contributed by atoms with Crippen molar-refractivity contribution in [2.24, 2.45) is 5.92 Å². The van der Waals surface area contributed by atoms with Gasteiger partial charge in [0.2, 0.25) is 0 Å². The first-order chi connectivity index (χ1) is 9.53. The Balaban J connectivity index is 3.04. The van der Waals surface area contributed by atoms with Crippen molar-refractivity contribution >= 4 is 0 Å². The van der Waals surface area contributed by atoms with Gasteiger partial charge in [0.15, 0.2) is 11.5 Å². The average Bonchev–Trinajstić information content (AvgIpc) is 2.43. The molecule has 1 aromatic carbocycles. The van der Waals surface area contributed by atoms with E-state index in [9.17, 15) is 13.9 Å². The van der Waals surface area contributed by atoms with Crippen molar-refractivity contribution in [1.82, 2.24) is 0 Å². The Bertz CT molecular complexity index is 474. The zero-order chi connectivity index (χ0) is 15.1. The van der Waals surface area contributed by atoms with Crippen molar-refractivity contribution in [3.8, 4) is 17.6 Å². The summed E-state index contributed by atoms with van der Waals surface area (Å²) in [6.07, 6.45) is 0.214. The molecule has 1 rings (SSSR count). The summed E-state index contributed by atoms with van der Waals surface area (Å²) in [5, 5.41) is 19.1. The fraction of sp³-hybridized carbons (Fsp3) is 0.500. The Morgan fingerprint density at radius 1 is 1.35 bits per heavy atom. The molecular formula is C14H17F2NO3. The zero-order valence-electron chi connectivity index (χ0n) is 11.3. The number of benzene rings is 1. The Labute approximate surface area is 116 Å². The minimum absolute atomic E-state index is 0.144. The molecule has 0 saturated heterocycles. The molecule has 6 heteroatoms. The van der Waals surface area contributed by atoms with Gasteiger partial charge in [-0.1, -0.05) is 19.4 Å². The third kappa shape index (κ3) is 4.07. The van der Waals surface area contributed by atoms with Crippen LogP contribution in [-0.4, -0.2) is 18.8 Å². The van der Waals surface area contributed by atoms with Crippen LogP contribution in [0.1, 0.15) is 31.4 Å². The molecule has 0 spiro atoms. The second kappa shape index (κ2) is 7.65. The highest BCUT2D eigenvalue weighted by Crippen LogP contribution is 2.34. The molecule has 0 radical (unpaired) electrons. The summed E-state index contributed by atoms with van der Waals surface area (Å²) in [4.78, 5) is 0. The Morgan fingerprint density at radius 2 is 2.05 bits per heavy atom. The third-order valence-electron chi connectivity index (χ3n) is 2.89. The van der Waals surface area contributed by atoms with Crippen LogP contribution in [0.3, 0.4) is 0 Å². The number of alkyl halides is 2. The summed E-state index contributed by atoms with van der Waals surface area (Å²) in [5.74, 6) is -0.606. The van der Waals surface area contributed by atoms with E-state index >= 15 is 0 Å². The van der Waals surface area contributed by atoms with Crippen molar-refractivity contribution in [2.75, 3.05) is 7.11 Å².